The smallest absolute Gasteiger partial charge is 0.416 e. The van der Waals surface area contributed by atoms with E-state index in [4.69, 9.17) is 4.74 Å². The zero-order chi connectivity index (χ0) is 19.2. The molecule has 4 aromatic rings. The molecule has 4 nitrogen and oxygen atoms in total. The number of benzene rings is 2. The van der Waals surface area contributed by atoms with Gasteiger partial charge >= 0.3 is 12.1 Å². The minimum Gasteiger partial charge on any atom is -0.465 e. The molecular formula is C20H13F3N2O2. The fourth-order valence-electron chi connectivity index (χ4n) is 3.05. The molecule has 136 valence electrons. The van der Waals surface area contributed by atoms with Gasteiger partial charge in [-0.3, -0.25) is 0 Å². The van der Waals surface area contributed by atoms with E-state index in [0.717, 1.165) is 23.2 Å². The normalized spacial score (nSPS) is 11.9. The lowest BCUT2D eigenvalue weighted by Gasteiger charge is -2.11. The van der Waals surface area contributed by atoms with Crippen molar-refractivity contribution < 1.29 is 22.7 Å². The van der Waals surface area contributed by atoms with Gasteiger partial charge in [0, 0.05) is 11.8 Å². The molecule has 0 bridgehead atoms. The van der Waals surface area contributed by atoms with Crippen molar-refractivity contribution in [2.45, 2.75) is 6.18 Å². The van der Waals surface area contributed by atoms with Crippen LogP contribution < -0.4 is 0 Å². The lowest BCUT2D eigenvalue weighted by Crippen LogP contribution is -2.04. The van der Waals surface area contributed by atoms with Crippen LogP contribution in [0.4, 0.5) is 13.2 Å². The van der Waals surface area contributed by atoms with Gasteiger partial charge in [-0.2, -0.15) is 13.2 Å². The van der Waals surface area contributed by atoms with Crippen LogP contribution in [0.25, 0.3) is 27.8 Å². The maximum absolute atomic E-state index is 12.8. The van der Waals surface area contributed by atoms with E-state index in [1.807, 2.05) is 22.7 Å². The minimum atomic E-state index is -4.39. The molecular weight excluding hydrogens is 357 g/mol. The lowest BCUT2D eigenvalue weighted by atomic mass is 10.1. The number of hydrogen-bond acceptors (Lipinski definition) is 3. The molecule has 0 aliphatic rings. The van der Waals surface area contributed by atoms with Crippen molar-refractivity contribution in [3.63, 3.8) is 0 Å². The number of carbonyl (C=O) groups is 1. The summed E-state index contributed by atoms with van der Waals surface area (Å²) in [7, 11) is 1.29. The number of methoxy groups -OCH3 is 1. The predicted octanol–water partition coefficient (Wildman–Crippen LogP) is 4.96. The number of rotatable bonds is 2. The molecule has 7 heteroatoms. The average Bonchev–Trinajstić information content (AvgIpc) is 3.15. The number of alkyl halides is 3. The Labute approximate surface area is 151 Å². The number of fused-ring (bicyclic) bond motifs is 3. The van der Waals surface area contributed by atoms with Crippen LogP contribution in [0.2, 0.25) is 0 Å². The first-order valence-electron chi connectivity index (χ1n) is 8.05. The van der Waals surface area contributed by atoms with Crippen molar-refractivity contribution in [1.29, 1.82) is 0 Å². The van der Waals surface area contributed by atoms with E-state index < -0.39 is 17.7 Å². The highest BCUT2D eigenvalue weighted by molar-refractivity contribution is 5.95. The molecule has 0 aliphatic carbocycles. The van der Waals surface area contributed by atoms with Crippen molar-refractivity contribution in [3.05, 3.63) is 71.9 Å². The van der Waals surface area contributed by atoms with Gasteiger partial charge in [0.15, 0.2) is 0 Å². The third-order valence-corrected chi connectivity index (χ3v) is 4.37. The van der Waals surface area contributed by atoms with Gasteiger partial charge in [-0.25, -0.2) is 9.78 Å². The number of halogens is 3. The van der Waals surface area contributed by atoms with Crippen LogP contribution in [0.5, 0.6) is 0 Å². The largest absolute Gasteiger partial charge is 0.465 e. The zero-order valence-corrected chi connectivity index (χ0v) is 14.1. The first-order valence-corrected chi connectivity index (χ1v) is 8.05. The van der Waals surface area contributed by atoms with Crippen LogP contribution >= 0.6 is 0 Å². The number of nitrogens with zero attached hydrogens (tertiary/aromatic N) is 2. The van der Waals surface area contributed by atoms with E-state index in [0.29, 0.717) is 22.3 Å². The number of ether oxygens (including phenoxy) is 1. The molecule has 0 spiro atoms. The molecule has 2 aromatic heterocycles. The molecule has 0 fully saturated rings. The maximum Gasteiger partial charge on any atom is 0.416 e. The van der Waals surface area contributed by atoms with Gasteiger partial charge in [0.05, 0.1) is 40.5 Å². The Hall–Kier alpha value is -3.35. The molecule has 0 aliphatic heterocycles. The van der Waals surface area contributed by atoms with Crippen LogP contribution in [0, 0.1) is 0 Å². The van der Waals surface area contributed by atoms with E-state index in [9.17, 15) is 18.0 Å². The van der Waals surface area contributed by atoms with Crippen LogP contribution in [0.1, 0.15) is 15.9 Å². The monoisotopic (exact) mass is 370 g/mol. The summed E-state index contributed by atoms with van der Waals surface area (Å²) in [6.45, 7) is 0. The molecule has 27 heavy (non-hydrogen) atoms. The standard InChI is InChI=1S/C20H13F3N2O2/c1-27-19(26)13-6-9-16-15(11-13)24-18(17-3-2-10-25(16)17)12-4-7-14(8-5-12)20(21,22)23/h2-11H,1H3. The third kappa shape index (κ3) is 2.91. The van der Waals surface area contributed by atoms with Gasteiger partial charge in [-0.05, 0) is 42.5 Å². The molecule has 0 N–H and O–H groups in total. The SMILES string of the molecule is COC(=O)c1ccc2c(c1)nc(-c1ccc(C(F)(F)F)cc1)c1cccn12. The topological polar surface area (TPSA) is 43.6 Å². The number of aromatic nitrogens is 2. The summed E-state index contributed by atoms with van der Waals surface area (Å²) in [4.78, 5) is 16.4. The third-order valence-electron chi connectivity index (χ3n) is 4.37. The molecule has 2 heterocycles. The molecule has 0 amide bonds. The zero-order valence-electron chi connectivity index (χ0n) is 14.1. The summed E-state index contributed by atoms with van der Waals surface area (Å²) < 4.78 is 45.1. The van der Waals surface area contributed by atoms with E-state index in [1.54, 1.807) is 18.2 Å². The van der Waals surface area contributed by atoms with Crippen molar-refractivity contribution in [3.8, 4) is 11.3 Å². The van der Waals surface area contributed by atoms with Gasteiger partial charge in [0.2, 0.25) is 0 Å². The van der Waals surface area contributed by atoms with Crippen LogP contribution in [0.3, 0.4) is 0 Å². The highest BCUT2D eigenvalue weighted by Crippen LogP contribution is 2.32. The Morgan fingerprint density at radius 2 is 1.78 bits per heavy atom. The summed E-state index contributed by atoms with van der Waals surface area (Å²) in [5.41, 5.74) is 2.79. The fourth-order valence-corrected chi connectivity index (χ4v) is 3.05. The van der Waals surface area contributed by atoms with Gasteiger partial charge in [-0.1, -0.05) is 12.1 Å². The Balaban J connectivity index is 1.93. The summed E-state index contributed by atoms with van der Waals surface area (Å²) in [6.07, 6.45) is -2.56. The van der Waals surface area contributed by atoms with Gasteiger partial charge < -0.3 is 9.14 Å². The lowest BCUT2D eigenvalue weighted by molar-refractivity contribution is -0.137. The quantitative estimate of drug-likeness (QED) is 0.469. The van der Waals surface area contributed by atoms with Gasteiger partial charge in [0.25, 0.3) is 0 Å². The fraction of sp³-hybridized carbons (Fsp3) is 0.100. The first kappa shape index (κ1) is 17.1. The predicted molar refractivity (Wildman–Crippen MR) is 94.5 cm³/mol. The molecule has 0 saturated carbocycles. The second-order valence-electron chi connectivity index (χ2n) is 5.99. The van der Waals surface area contributed by atoms with Crippen molar-refractivity contribution in [2.75, 3.05) is 7.11 Å². The van der Waals surface area contributed by atoms with E-state index in [2.05, 4.69) is 4.98 Å². The summed E-state index contributed by atoms with van der Waals surface area (Å²) >= 11 is 0. The summed E-state index contributed by atoms with van der Waals surface area (Å²) in [5, 5.41) is 0. The Kier molecular flexibility index (Phi) is 3.87. The van der Waals surface area contributed by atoms with Crippen molar-refractivity contribution in [2.24, 2.45) is 0 Å². The Morgan fingerprint density at radius 3 is 2.44 bits per heavy atom. The maximum atomic E-state index is 12.8. The molecule has 2 aromatic carbocycles. The minimum absolute atomic E-state index is 0.349. The number of esters is 1. The highest BCUT2D eigenvalue weighted by Gasteiger charge is 2.30. The van der Waals surface area contributed by atoms with Crippen LogP contribution in [0.15, 0.2) is 60.8 Å². The van der Waals surface area contributed by atoms with E-state index >= 15 is 0 Å². The number of hydrogen-bond donors (Lipinski definition) is 0. The molecule has 4 rings (SSSR count). The second-order valence-corrected chi connectivity index (χ2v) is 5.99. The molecule has 0 radical (unpaired) electrons. The summed E-state index contributed by atoms with van der Waals surface area (Å²) in [5.74, 6) is -0.484. The van der Waals surface area contributed by atoms with Gasteiger partial charge in [0.1, 0.15) is 0 Å². The molecule has 0 saturated heterocycles. The van der Waals surface area contributed by atoms with Crippen LogP contribution in [-0.2, 0) is 10.9 Å². The molecule has 0 atom stereocenters. The van der Waals surface area contributed by atoms with Gasteiger partial charge in [-0.15, -0.1) is 0 Å². The molecule has 0 unspecified atom stereocenters. The van der Waals surface area contributed by atoms with Crippen LogP contribution in [-0.4, -0.2) is 22.5 Å². The summed E-state index contributed by atoms with van der Waals surface area (Å²) in [6, 6.07) is 13.5. The average molecular weight is 370 g/mol. The second kappa shape index (κ2) is 6.12. The Morgan fingerprint density at radius 1 is 1.04 bits per heavy atom. The highest BCUT2D eigenvalue weighted by atomic mass is 19.4. The van der Waals surface area contributed by atoms with E-state index in [-0.39, 0.29) is 0 Å². The van der Waals surface area contributed by atoms with Crippen molar-refractivity contribution >= 4 is 22.5 Å². The number of carbonyl (C=O) groups excluding carboxylic acids is 1. The van der Waals surface area contributed by atoms with Crippen molar-refractivity contribution in [1.82, 2.24) is 9.38 Å². The first-order chi connectivity index (χ1) is 12.9. The van der Waals surface area contributed by atoms with E-state index in [1.165, 1.54) is 19.2 Å². The Bertz CT molecular complexity index is 1160.